The lowest BCUT2D eigenvalue weighted by molar-refractivity contribution is 0.661. The van der Waals surface area contributed by atoms with Crippen LogP contribution in [0.4, 0.5) is 0 Å². The van der Waals surface area contributed by atoms with Crippen molar-refractivity contribution in [1.29, 1.82) is 0 Å². The number of hydrogen-bond acceptors (Lipinski definition) is 1. The SMILES string of the molecule is CC1(C)c2ccc(-c3cccc(-c4c5ccccc5c(-c5ccccc5)c5ccccc45)c3)cc2-c2cc3ccc4oc5ccccc5c4c3cc21. The molecule has 0 bridgehead atoms. The third-order valence-corrected chi connectivity index (χ3v) is 11.6. The van der Waals surface area contributed by atoms with E-state index in [0.29, 0.717) is 0 Å². The van der Waals surface area contributed by atoms with Gasteiger partial charge in [-0.3, -0.25) is 0 Å². The predicted octanol–water partition coefficient (Wildman–Crippen LogP) is 14.4. The van der Waals surface area contributed by atoms with E-state index in [1.165, 1.54) is 98.7 Å². The molecule has 0 radical (unpaired) electrons. The Morgan fingerprint density at radius 3 is 1.67 bits per heavy atom. The Morgan fingerprint density at radius 2 is 0.942 bits per heavy atom. The predicted molar refractivity (Wildman–Crippen MR) is 220 cm³/mol. The molecule has 0 saturated carbocycles. The van der Waals surface area contributed by atoms with E-state index in [1.807, 2.05) is 6.07 Å². The van der Waals surface area contributed by atoms with Crippen LogP contribution in [0, 0.1) is 0 Å². The van der Waals surface area contributed by atoms with E-state index in [1.54, 1.807) is 0 Å². The summed E-state index contributed by atoms with van der Waals surface area (Å²) in [5.41, 5.74) is 14.7. The van der Waals surface area contributed by atoms with E-state index in [0.717, 1.165) is 11.2 Å². The summed E-state index contributed by atoms with van der Waals surface area (Å²) >= 11 is 0. The van der Waals surface area contributed by atoms with Crippen molar-refractivity contribution in [2.45, 2.75) is 19.3 Å². The lowest BCUT2D eigenvalue weighted by Crippen LogP contribution is -2.14. The first-order chi connectivity index (χ1) is 25.5. The Balaban J connectivity index is 1.09. The van der Waals surface area contributed by atoms with Crippen LogP contribution in [-0.4, -0.2) is 0 Å². The van der Waals surface area contributed by atoms with Crippen LogP contribution in [0.25, 0.3) is 98.8 Å². The highest BCUT2D eigenvalue weighted by molar-refractivity contribution is 6.22. The van der Waals surface area contributed by atoms with E-state index in [-0.39, 0.29) is 5.41 Å². The zero-order valence-electron chi connectivity index (χ0n) is 29.1. The molecule has 0 spiro atoms. The standard InChI is InChI=1S/C51H34O/c1-51(2)44-25-23-33(28-42(44)43-29-34-24-26-47-50(41(34)30-45(43)51)40-21-10-11-22-46(40)52-47)32-15-12-16-35(27-32)49-38-19-8-6-17-36(38)48(31-13-4-3-5-14-31)37-18-7-9-20-39(37)49/h3-30H,1-2H3. The summed E-state index contributed by atoms with van der Waals surface area (Å²) < 4.78 is 6.27. The van der Waals surface area contributed by atoms with Gasteiger partial charge in [-0.15, -0.1) is 0 Å². The van der Waals surface area contributed by atoms with Crippen molar-refractivity contribution in [2.24, 2.45) is 0 Å². The number of hydrogen-bond donors (Lipinski definition) is 0. The van der Waals surface area contributed by atoms with Crippen LogP contribution in [0.2, 0.25) is 0 Å². The Hall–Kier alpha value is -6.44. The molecule has 0 aliphatic heterocycles. The third-order valence-electron chi connectivity index (χ3n) is 11.6. The molecule has 11 rings (SSSR count). The van der Waals surface area contributed by atoms with Crippen molar-refractivity contribution < 1.29 is 4.42 Å². The summed E-state index contributed by atoms with van der Waals surface area (Å²) in [6.45, 7) is 4.74. The van der Waals surface area contributed by atoms with Gasteiger partial charge in [-0.25, -0.2) is 0 Å². The zero-order chi connectivity index (χ0) is 34.6. The van der Waals surface area contributed by atoms with Crippen LogP contribution in [0.1, 0.15) is 25.0 Å². The maximum atomic E-state index is 6.27. The van der Waals surface area contributed by atoms with Crippen molar-refractivity contribution in [3.05, 3.63) is 181 Å². The average Bonchev–Trinajstić information content (AvgIpc) is 3.68. The molecule has 1 aromatic heterocycles. The number of para-hydroxylation sites is 1. The van der Waals surface area contributed by atoms with Gasteiger partial charge in [0.15, 0.2) is 0 Å². The Morgan fingerprint density at radius 1 is 0.365 bits per heavy atom. The first-order valence-corrected chi connectivity index (χ1v) is 18.2. The van der Waals surface area contributed by atoms with Gasteiger partial charge in [0.2, 0.25) is 0 Å². The lowest BCUT2D eigenvalue weighted by Gasteiger charge is -2.22. The molecule has 0 fully saturated rings. The Bertz CT molecular complexity index is 3030. The van der Waals surface area contributed by atoms with E-state index in [4.69, 9.17) is 4.42 Å². The van der Waals surface area contributed by atoms with Gasteiger partial charge in [0.25, 0.3) is 0 Å². The molecular weight excluding hydrogens is 629 g/mol. The zero-order valence-corrected chi connectivity index (χ0v) is 29.1. The van der Waals surface area contributed by atoms with E-state index in [2.05, 4.69) is 178 Å². The van der Waals surface area contributed by atoms with Gasteiger partial charge >= 0.3 is 0 Å². The first kappa shape index (κ1) is 29.3. The van der Waals surface area contributed by atoms with Crippen molar-refractivity contribution in [1.82, 2.24) is 0 Å². The second-order valence-electron chi connectivity index (χ2n) is 14.8. The number of benzene rings is 9. The lowest BCUT2D eigenvalue weighted by atomic mass is 9.81. The molecule has 1 heteroatoms. The smallest absolute Gasteiger partial charge is 0.136 e. The normalized spacial score (nSPS) is 13.3. The van der Waals surface area contributed by atoms with E-state index < -0.39 is 0 Å². The van der Waals surface area contributed by atoms with Gasteiger partial charge < -0.3 is 4.42 Å². The molecule has 244 valence electrons. The third kappa shape index (κ3) is 4.11. The second-order valence-corrected chi connectivity index (χ2v) is 14.8. The molecule has 0 atom stereocenters. The summed E-state index contributed by atoms with van der Waals surface area (Å²) in [6.07, 6.45) is 0. The van der Waals surface area contributed by atoms with Crippen molar-refractivity contribution >= 4 is 54.3 Å². The summed E-state index contributed by atoms with van der Waals surface area (Å²) in [5.74, 6) is 0. The maximum absolute atomic E-state index is 6.27. The number of fused-ring (bicyclic) bond motifs is 10. The monoisotopic (exact) mass is 662 g/mol. The fourth-order valence-corrected chi connectivity index (χ4v) is 9.18. The van der Waals surface area contributed by atoms with Gasteiger partial charge in [0, 0.05) is 16.2 Å². The van der Waals surface area contributed by atoms with Crippen molar-refractivity contribution in [2.75, 3.05) is 0 Å². The quantitative estimate of drug-likeness (QED) is 0.172. The molecule has 0 amide bonds. The van der Waals surface area contributed by atoms with Crippen molar-refractivity contribution in [3.63, 3.8) is 0 Å². The minimum absolute atomic E-state index is 0.126. The molecule has 9 aromatic carbocycles. The number of rotatable bonds is 3. The summed E-state index contributed by atoms with van der Waals surface area (Å²) in [6, 6.07) is 62.5. The highest BCUT2D eigenvalue weighted by Crippen LogP contribution is 2.52. The second kappa shape index (κ2) is 10.8. The molecule has 0 N–H and O–H groups in total. The minimum atomic E-state index is -0.126. The summed E-state index contributed by atoms with van der Waals surface area (Å²) in [4.78, 5) is 0. The molecule has 1 aliphatic carbocycles. The van der Waals surface area contributed by atoms with Gasteiger partial charge in [0.1, 0.15) is 11.2 Å². The van der Waals surface area contributed by atoms with Gasteiger partial charge in [-0.1, -0.05) is 147 Å². The van der Waals surface area contributed by atoms with Crippen LogP contribution in [0.3, 0.4) is 0 Å². The fraction of sp³-hybridized carbons (Fsp3) is 0.0588. The molecule has 10 aromatic rings. The van der Waals surface area contributed by atoms with Crippen LogP contribution in [0.15, 0.2) is 174 Å². The topological polar surface area (TPSA) is 13.1 Å². The largest absolute Gasteiger partial charge is 0.456 e. The summed E-state index contributed by atoms with van der Waals surface area (Å²) in [7, 11) is 0. The molecule has 1 nitrogen and oxygen atoms in total. The molecule has 1 heterocycles. The highest BCUT2D eigenvalue weighted by atomic mass is 16.3. The van der Waals surface area contributed by atoms with Gasteiger partial charge in [-0.05, 0) is 124 Å². The number of furan rings is 1. The van der Waals surface area contributed by atoms with Gasteiger partial charge in [-0.2, -0.15) is 0 Å². The molecular formula is C51H34O. The average molecular weight is 663 g/mol. The molecule has 0 unspecified atom stereocenters. The van der Waals surface area contributed by atoms with E-state index in [9.17, 15) is 0 Å². The maximum Gasteiger partial charge on any atom is 0.136 e. The van der Waals surface area contributed by atoms with E-state index >= 15 is 0 Å². The van der Waals surface area contributed by atoms with Crippen LogP contribution in [0.5, 0.6) is 0 Å². The molecule has 0 saturated heterocycles. The molecule has 1 aliphatic rings. The highest BCUT2D eigenvalue weighted by Gasteiger charge is 2.36. The summed E-state index contributed by atoms with van der Waals surface area (Å²) in [5, 5.41) is 9.97. The Labute approximate surface area is 302 Å². The fourth-order valence-electron chi connectivity index (χ4n) is 9.18. The van der Waals surface area contributed by atoms with Crippen LogP contribution in [-0.2, 0) is 5.41 Å². The van der Waals surface area contributed by atoms with Crippen molar-refractivity contribution in [3.8, 4) is 44.5 Å². The van der Waals surface area contributed by atoms with Crippen LogP contribution >= 0.6 is 0 Å². The molecule has 52 heavy (non-hydrogen) atoms. The first-order valence-electron chi connectivity index (χ1n) is 18.2. The van der Waals surface area contributed by atoms with Gasteiger partial charge in [0.05, 0.1) is 0 Å². The minimum Gasteiger partial charge on any atom is -0.456 e. The Kier molecular flexibility index (Phi) is 6.08. The van der Waals surface area contributed by atoms with Crippen LogP contribution < -0.4 is 0 Å².